The average Bonchev–Trinajstić information content (AvgIpc) is 3.33. The topological polar surface area (TPSA) is 89.3 Å². The van der Waals surface area contributed by atoms with Gasteiger partial charge >= 0.3 is 6.18 Å². The van der Waals surface area contributed by atoms with Crippen LogP contribution in [-0.2, 0) is 12.7 Å². The summed E-state index contributed by atoms with van der Waals surface area (Å²) in [6.45, 7) is 2.62. The van der Waals surface area contributed by atoms with Gasteiger partial charge in [0.05, 0.1) is 18.7 Å². The molecule has 0 aliphatic carbocycles. The van der Waals surface area contributed by atoms with Crippen LogP contribution in [0, 0.1) is 0 Å². The highest BCUT2D eigenvalue weighted by Gasteiger charge is 2.30. The Morgan fingerprint density at radius 3 is 2.40 bits per heavy atom. The summed E-state index contributed by atoms with van der Waals surface area (Å²) in [6, 6.07) is 18.6. The number of amides is 1. The molecule has 4 rings (SSSR count). The van der Waals surface area contributed by atoms with Crippen LogP contribution in [0.4, 0.5) is 24.5 Å². The highest BCUT2D eigenvalue weighted by molar-refractivity contribution is 6.04. The summed E-state index contributed by atoms with van der Waals surface area (Å²) in [7, 11) is 0. The number of nitrogens with zero attached hydrogens (tertiary/aromatic N) is 2. The van der Waals surface area contributed by atoms with Gasteiger partial charge in [-0.1, -0.05) is 17.3 Å². The Labute approximate surface area is 198 Å². The molecule has 4 aromatic rings. The van der Waals surface area contributed by atoms with Crippen molar-refractivity contribution in [3.63, 3.8) is 0 Å². The molecule has 0 aliphatic rings. The predicted octanol–water partition coefficient (Wildman–Crippen LogP) is 6.02. The summed E-state index contributed by atoms with van der Waals surface area (Å²) in [6.07, 6.45) is -4.46. The van der Waals surface area contributed by atoms with Crippen molar-refractivity contribution in [3.05, 3.63) is 89.8 Å². The van der Waals surface area contributed by atoms with E-state index in [1.165, 1.54) is 12.1 Å². The summed E-state index contributed by atoms with van der Waals surface area (Å²) in [5.41, 5.74) is 1.23. The molecule has 1 heterocycles. The summed E-state index contributed by atoms with van der Waals surface area (Å²) in [4.78, 5) is 16.6. The van der Waals surface area contributed by atoms with E-state index in [4.69, 9.17) is 9.26 Å². The third kappa shape index (κ3) is 6.17. The molecule has 0 saturated heterocycles. The van der Waals surface area contributed by atoms with Crippen LogP contribution in [0.25, 0.3) is 11.4 Å². The number of carbonyl (C=O) groups excluding carboxylic acids is 1. The summed E-state index contributed by atoms with van der Waals surface area (Å²) in [5.74, 6) is 0.733. The minimum Gasteiger partial charge on any atom is -0.494 e. The van der Waals surface area contributed by atoms with Gasteiger partial charge in [-0.2, -0.15) is 18.2 Å². The van der Waals surface area contributed by atoms with Crippen LogP contribution in [0.3, 0.4) is 0 Å². The van der Waals surface area contributed by atoms with E-state index in [-0.39, 0.29) is 29.7 Å². The Bertz CT molecular complexity index is 1290. The normalized spacial score (nSPS) is 11.2. The SMILES string of the molecule is CCOc1ccc(NC(=O)c2ccc(NCc3nc(-c4cccc(C(F)(F)F)c4)no3)cc2)cc1. The number of carbonyl (C=O) groups is 1. The fourth-order valence-electron chi connectivity index (χ4n) is 3.20. The number of alkyl halides is 3. The van der Waals surface area contributed by atoms with Crippen molar-refractivity contribution in [2.45, 2.75) is 19.6 Å². The molecule has 2 N–H and O–H groups in total. The van der Waals surface area contributed by atoms with E-state index in [9.17, 15) is 18.0 Å². The summed E-state index contributed by atoms with van der Waals surface area (Å²) in [5, 5.41) is 9.65. The van der Waals surface area contributed by atoms with Gasteiger partial charge in [0.25, 0.3) is 5.91 Å². The third-order valence-electron chi connectivity index (χ3n) is 4.93. The zero-order chi connectivity index (χ0) is 24.8. The molecule has 3 aromatic carbocycles. The molecule has 0 bridgehead atoms. The fourth-order valence-corrected chi connectivity index (χ4v) is 3.20. The minimum absolute atomic E-state index is 0.0641. The first-order chi connectivity index (χ1) is 16.8. The van der Waals surface area contributed by atoms with Gasteiger partial charge in [0.15, 0.2) is 0 Å². The molecule has 35 heavy (non-hydrogen) atoms. The van der Waals surface area contributed by atoms with Crippen molar-refractivity contribution in [1.82, 2.24) is 10.1 Å². The fraction of sp³-hybridized carbons (Fsp3) is 0.160. The maximum Gasteiger partial charge on any atom is 0.416 e. The molecule has 0 radical (unpaired) electrons. The molecular weight excluding hydrogens is 461 g/mol. The lowest BCUT2D eigenvalue weighted by molar-refractivity contribution is -0.137. The predicted molar refractivity (Wildman–Crippen MR) is 124 cm³/mol. The highest BCUT2D eigenvalue weighted by atomic mass is 19.4. The molecule has 0 fully saturated rings. The van der Waals surface area contributed by atoms with Crippen LogP contribution >= 0.6 is 0 Å². The van der Waals surface area contributed by atoms with Crippen molar-refractivity contribution in [3.8, 4) is 17.1 Å². The standard InChI is InChI=1S/C25H21F3N4O3/c1-2-34-21-12-10-20(11-13-21)30-24(33)16-6-8-19(9-7-16)29-15-22-31-23(32-35-22)17-4-3-5-18(14-17)25(26,27)28/h3-14,29H,2,15H2,1H3,(H,30,33). The number of benzene rings is 3. The monoisotopic (exact) mass is 482 g/mol. The van der Waals surface area contributed by atoms with E-state index in [1.807, 2.05) is 6.92 Å². The van der Waals surface area contributed by atoms with Gasteiger partial charge in [-0.15, -0.1) is 0 Å². The van der Waals surface area contributed by atoms with Crippen molar-refractivity contribution in [1.29, 1.82) is 0 Å². The van der Waals surface area contributed by atoms with E-state index in [0.717, 1.165) is 17.9 Å². The Balaban J connectivity index is 1.33. The van der Waals surface area contributed by atoms with Crippen molar-refractivity contribution in [2.24, 2.45) is 0 Å². The molecule has 1 amide bonds. The van der Waals surface area contributed by atoms with Gasteiger partial charge in [0, 0.05) is 22.5 Å². The first-order valence-electron chi connectivity index (χ1n) is 10.7. The van der Waals surface area contributed by atoms with Crippen molar-refractivity contribution < 1.29 is 27.2 Å². The van der Waals surface area contributed by atoms with Gasteiger partial charge in [0.1, 0.15) is 5.75 Å². The second-order valence-electron chi connectivity index (χ2n) is 7.43. The molecule has 10 heteroatoms. The number of halogens is 3. The van der Waals surface area contributed by atoms with Crippen molar-refractivity contribution in [2.75, 3.05) is 17.2 Å². The van der Waals surface area contributed by atoms with Crippen LogP contribution in [0.1, 0.15) is 28.7 Å². The first kappa shape index (κ1) is 23.8. The van der Waals surface area contributed by atoms with Crippen LogP contribution in [0.2, 0.25) is 0 Å². The van der Waals surface area contributed by atoms with E-state index >= 15 is 0 Å². The number of rotatable bonds is 8. The quantitative estimate of drug-likeness (QED) is 0.319. The molecule has 0 unspecified atom stereocenters. The smallest absolute Gasteiger partial charge is 0.416 e. The maximum atomic E-state index is 12.9. The second-order valence-corrected chi connectivity index (χ2v) is 7.43. The van der Waals surface area contributed by atoms with Crippen LogP contribution in [-0.4, -0.2) is 22.7 Å². The van der Waals surface area contributed by atoms with Crippen LogP contribution < -0.4 is 15.4 Å². The molecule has 0 saturated carbocycles. The maximum absolute atomic E-state index is 12.9. The highest BCUT2D eigenvalue weighted by Crippen LogP contribution is 2.31. The first-order valence-corrected chi connectivity index (χ1v) is 10.7. The largest absolute Gasteiger partial charge is 0.494 e. The van der Waals surface area contributed by atoms with Gasteiger partial charge < -0.3 is 19.9 Å². The van der Waals surface area contributed by atoms with Crippen LogP contribution in [0.5, 0.6) is 5.75 Å². The lowest BCUT2D eigenvalue weighted by Crippen LogP contribution is -2.11. The Morgan fingerprint density at radius 2 is 1.71 bits per heavy atom. The molecule has 0 aliphatic heterocycles. The number of ether oxygens (including phenoxy) is 1. The van der Waals surface area contributed by atoms with E-state index in [2.05, 4.69) is 20.8 Å². The van der Waals surface area contributed by atoms with Gasteiger partial charge in [-0.25, -0.2) is 0 Å². The van der Waals surface area contributed by atoms with Gasteiger partial charge in [-0.05, 0) is 67.6 Å². The molecule has 1 aromatic heterocycles. The third-order valence-corrected chi connectivity index (χ3v) is 4.93. The minimum atomic E-state index is -4.46. The number of anilines is 2. The number of nitrogens with one attached hydrogen (secondary N) is 2. The molecular formula is C25H21F3N4O3. The average molecular weight is 482 g/mol. The van der Waals surface area contributed by atoms with E-state index in [0.29, 0.717) is 23.5 Å². The van der Waals surface area contributed by atoms with E-state index < -0.39 is 11.7 Å². The molecule has 0 atom stereocenters. The number of aromatic nitrogens is 2. The number of hydrogen-bond donors (Lipinski definition) is 2. The summed E-state index contributed by atoms with van der Waals surface area (Å²) >= 11 is 0. The second kappa shape index (κ2) is 10.3. The Hall–Kier alpha value is -4.34. The Kier molecular flexibility index (Phi) is 7.00. The lowest BCUT2D eigenvalue weighted by Gasteiger charge is -2.08. The zero-order valence-corrected chi connectivity index (χ0v) is 18.6. The lowest BCUT2D eigenvalue weighted by atomic mass is 10.1. The molecule has 0 spiro atoms. The van der Waals surface area contributed by atoms with Gasteiger partial charge in [0.2, 0.25) is 11.7 Å². The Morgan fingerprint density at radius 1 is 1.00 bits per heavy atom. The molecule has 7 nitrogen and oxygen atoms in total. The van der Waals surface area contributed by atoms with Crippen molar-refractivity contribution >= 4 is 17.3 Å². The molecule has 180 valence electrons. The van der Waals surface area contributed by atoms with E-state index in [1.54, 1.807) is 48.5 Å². The summed E-state index contributed by atoms with van der Waals surface area (Å²) < 4.78 is 49.3. The zero-order valence-electron chi connectivity index (χ0n) is 18.6. The number of hydrogen-bond acceptors (Lipinski definition) is 6. The van der Waals surface area contributed by atoms with Crippen LogP contribution in [0.15, 0.2) is 77.3 Å². The van der Waals surface area contributed by atoms with Gasteiger partial charge in [-0.3, -0.25) is 4.79 Å².